The molecule has 0 saturated heterocycles. The van der Waals surface area contributed by atoms with Crippen LogP contribution in [-0.2, 0) is 6.18 Å². The molecule has 0 aliphatic carbocycles. The van der Waals surface area contributed by atoms with Crippen LogP contribution in [0.4, 0.5) is 30.7 Å². The number of hydrogen-bond donors (Lipinski definition) is 0. The van der Waals surface area contributed by atoms with E-state index in [4.69, 9.17) is 4.74 Å². The van der Waals surface area contributed by atoms with E-state index in [1.54, 1.807) is 0 Å². The van der Waals surface area contributed by atoms with E-state index in [1.807, 2.05) is 0 Å². The molecule has 0 bridgehead atoms. The maximum atomic E-state index is 14.5. The standard InChI is InChI=1S/C17H10F7N3O3/c1-29-11-4-5-27-14(28)12(13(17(22,23)24)26-15(27)25-11)9-3-2-8(6-10(9)18)30-7-16(19,20)21/h2-6H,7H2,1H3. The molecule has 30 heavy (non-hydrogen) atoms. The maximum absolute atomic E-state index is 14.5. The second-order valence-corrected chi connectivity index (χ2v) is 5.82. The minimum Gasteiger partial charge on any atom is -0.484 e. The van der Waals surface area contributed by atoms with Crippen molar-refractivity contribution in [3.05, 3.63) is 52.3 Å². The number of rotatable bonds is 4. The van der Waals surface area contributed by atoms with E-state index in [9.17, 15) is 35.5 Å². The van der Waals surface area contributed by atoms with Gasteiger partial charge in [-0.15, -0.1) is 0 Å². The van der Waals surface area contributed by atoms with Gasteiger partial charge in [0.05, 0.1) is 12.7 Å². The van der Waals surface area contributed by atoms with Crippen LogP contribution >= 0.6 is 0 Å². The van der Waals surface area contributed by atoms with Crippen LogP contribution in [0, 0.1) is 5.82 Å². The summed E-state index contributed by atoms with van der Waals surface area (Å²) in [5.41, 5.74) is -4.95. The van der Waals surface area contributed by atoms with Crippen molar-refractivity contribution in [1.29, 1.82) is 0 Å². The number of methoxy groups -OCH3 is 1. The molecule has 13 heteroatoms. The predicted octanol–water partition coefficient (Wildman–Crippen LogP) is 3.86. The third-order valence-corrected chi connectivity index (χ3v) is 3.76. The number of alkyl halides is 6. The highest BCUT2D eigenvalue weighted by molar-refractivity contribution is 5.68. The molecule has 160 valence electrons. The number of ether oxygens (including phenoxy) is 2. The average molecular weight is 437 g/mol. The lowest BCUT2D eigenvalue weighted by Crippen LogP contribution is -2.25. The highest BCUT2D eigenvalue weighted by Crippen LogP contribution is 2.36. The molecule has 0 radical (unpaired) electrons. The van der Waals surface area contributed by atoms with Crippen LogP contribution in [-0.4, -0.2) is 34.3 Å². The molecular weight excluding hydrogens is 427 g/mol. The molecule has 0 aliphatic rings. The Hall–Kier alpha value is -3.38. The third-order valence-electron chi connectivity index (χ3n) is 3.76. The van der Waals surface area contributed by atoms with Crippen molar-refractivity contribution >= 4 is 5.78 Å². The topological polar surface area (TPSA) is 65.7 Å². The number of hydrogen-bond acceptors (Lipinski definition) is 5. The lowest BCUT2D eigenvalue weighted by Gasteiger charge is -2.15. The van der Waals surface area contributed by atoms with E-state index in [2.05, 4.69) is 14.7 Å². The first-order valence-electron chi connectivity index (χ1n) is 7.95. The summed E-state index contributed by atoms with van der Waals surface area (Å²) in [5, 5.41) is 0. The number of benzene rings is 1. The second kappa shape index (κ2) is 7.46. The molecule has 0 saturated carbocycles. The fraction of sp³-hybridized carbons (Fsp3) is 0.235. The van der Waals surface area contributed by atoms with Crippen LogP contribution in [0.2, 0.25) is 0 Å². The first-order chi connectivity index (χ1) is 13.9. The monoisotopic (exact) mass is 437 g/mol. The summed E-state index contributed by atoms with van der Waals surface area (Å²) in [7, 11) is 1.20. The Morgan fingerprint density at radius 2 is 1.77 bits per heavy atom. The first-order valence-corrected chi connectivity index (χ1v) is 7.95. The van der Waals surface area contributed by atoms with Gasteiger partial charge >= 0.3 is 12.4 Å². The normalized spacial score (nSPS) is 12.3. The first kappa shape index (κ1) is 21.3. The van der Waals surface area contributed by atoms with Crippen molar-refractivity contribution in [2.24, 2.45) is 0 Å². The molecule has 0 fully saturated rings. The van der Waals surface area contributed by atoms with Crippen molar-refractivity contribution in [3.8, 4) is 22.8 Å². The summed E-state index contributed by atoms with van der Waals surface area (Å²) < 4.78 is 102. The average Bonchev–Trinajstić information content (AvgIpc) is 2.65. The highest BCUT2D eigenvalue weighted by Gasteiger charge is 2.39. The Kier molecular flexibility index (Phi) is 5.31. The van der Waals surface area contributed by atoms with Gasteiger partial charge in [-0.1, -0.05) is 0 Å². The smallest absolute Gasteiger partial charge is 0.434 e. The van der Waals surface area contributed by atoms with E-state index in [1.165, 1.54) is 13.2 Å². The number of halogens is 7. The van der Waals surface area contributed by atoms with E-state index < -0.39 is 58.7 Å². The zero-order valence-electron chi connectivity index (χ0n) is 14.8. The van der Waals surface area contributed by atoms with Gasteiger partial charge in [0, 0.05) is 23.9 Å². The molecule has 0 amide bonds. The molecule has 2 heterocycles. The Labute approximate surface area is 162 Å². The van der Waals surface area contributed by atoms with Crippen molar-refractivity contribution in [2.45, 2.75) is 12.4 Å². The summed E-state index contributed by atoms with van der Waals surface area (Å²) in [6.45, 7) is -1.73. The number of aromatic nitrogens is 3. The molecule has 0 aliphatic heterocycles. The van der Waals surface area contributed by atoms with Gasteiger partial charge < -0.3 is 9.47 Å². The van der Waals surface area contributed by atoms with Crippen LogP contribution in [0.15, 0.2) is 35.3 Å². The maximum Gasteiger partial charge on any atom is 0.434 e. The van der Waals surface area contributed by atoms with Gasteiger partial charge in [0.1, 0.15) is 11.6 Å². The van der Waals surface area contributed by atoms with Gasteiger partial charge in [0.15, 0.2) is 12.3 Å². The predicted molar refractivity (Wildman–Crippen MR) is 87.8 cm³/mol. The zero-order chi connectivity index (χ0) is 22.3. The molecule has 6 nitrogen and oxygen atoms in total. The van der Waals surface area contributed by atoms with Crippen molar-refractivity contribution < 1.29 is 40.2 Å². The van der Waals surface area contributed by atoms with Gasteiger partial charge in [-0.3, -0.25) is 9.20 Å². The Morgan fingerprint density at radius 3 is 2.33 bits per heavy atom. The quantitative estimate of drug-likeness (QED) is 0.580. The van der Waals surface area contributed by atoms with Gasteiger partial charge in [0.25, 0.3) is 5.56 Å². The molecule has 3 rings (SSSR count). The number of fused-ring (bicyclic) bond motifs is 1. The Bertz CT molecular complexity index is 1160. The SMILES string of the molecule is COc1ccn2c(=O)c(-c3ccc(OCC(F)(F)F)cc3F)c(C(F)(F)F)nc2n1. The van der Waals surface area contributed by atoms with E-state index >= 15 is 0 Å². The minimum absolute atomic E-state index is 0.111. The largest absolute Gasteiger partial charge is 0.484 e. The fourth-order valence-electron chi connectivity index (χ4n) is 2.52. The molecular formula is C17H10F7N3O3. The molecule has 1 aromatic carbocycles. The highest BCUT2D eigenvalue weighted by atomic mass is 19.4. The lowest BCUT2D eigenvalue weighted by atomic mass is 10.0. The second-order valence-electron chi connectivity index (χ2n) is 5.82. The van der Waals surface area contributed by atoms with Gasteiger partial charge in [-0.25, -0.2) is 9.37 Å². The van der Waals surface area contributed by atoms with Crippen LogP contribution < -0.4 is 15.0 Å². The van der Waals surface area contributed by atoms with E-state index in [0.717, 1.165) is 12.3 Å². The Balaban J connectivity index is 2.19. The van der Waals surface area contributed by atoms with E-state index in [-0.39, 0.29) is 5.88 Å². The minimum atomic E-state index is -5.16. The van der Waals surface area contributed by atoms with Gasteiger partial charge in [0.2, 0.25) is 11.7 Å². The van der Waals surface area contributed by atoms with Crippen LogP contribution in [0.5, 0.6) is 11.6 Å². The Morgan fingerprint density at radius 1 is 1.07 bits per heavy atom. The summed E-state index contributed by atoms with van der Waals surface area (Å²) >= 11 is 0. The van der Waals surface area contributed by atoms with Crippen molar-refractivity contribution in [2.75, 3.05) is 13.7 Å². The molecule has 0 atom stereocenters. The van der Waals surface area contributed by atoms with Crippen LogP contribution in [0.25, 0.3) is 16.9 Å². The van der Waals surface area contributed by atoms with E-state index in [0.29, 0.717) is 16.5 Å². The van der Waals surface area contributed by atoms with Crippen LogP contribution in [0.1, 0.15) is 5.69 Å². The van der Waals surface area contributed by atoms with Gasteiger partial charge in [-0.05, 0) is 12.1 Å². The molecule has 3 aromatic rings. The summed E-state index contributed by atoms with van der Waals surface area (Å²) in [6, 6.07) is 3.14. The lowest BCUT2D eigenvalue weighted by molar-refractivity contribution is -0.153. The molecule has 0 N–H and O–H groups in total. The number of nitrogens with zero attached hydrogens (tertiary/aromatic N) is 3. The van der Waals surface area contributed by atoms with Crippen molar-refractivity contribution in [1.82, 2.24) is 14.4 Å². The summed E-state index contributed by atoms with van der Waals surface area (Å²) in [5.74, 6) is -2.73. The zero-order valence-corrected chi connectivity index (χ0v) is 14.8. The summed E-state index contributed by atoms with van der Waals surface area (Å²) in [6.07, 6.45) is -8.82. The fourth-order valence-corrected chi connectivity index (χ4v) is 2.52. The molecule has 2 aromatic heterocycles. The van der Waals surface area contributed by atoms with Crippen LogP contribution in [0.3, 0.4) is 0 Å². The third kappa shape index (κ3) is 4.28. The molecule has 0 spiro atoms. The van der Waals surface area contributed by atoms with Crippen molar-refractivity contribution in [3.63, 3.8) is 0 Å². The van der Waals surface area contributed by atoms with Gasteiger partial charge in [-0.2, -0.15) is 31.3 Å². The molecule has 0 unspecified atom stereocenters. The summed E-state index contributed by atoms with van der Waals surface area (Å²) in [4.78, 5) is 19.7.